The summed E-state index contributed by atoms with van der Waals surface area (Å²) >= 11 is 0. The van der Waals surface area contributed by atoms with Crippen molar-refractivity contribution in [2.45, 2.75) is 71.8 Å². The molecule has 0 aromatic heterocycles. The van der Waals surface area contributed by atoms with Crippen LogP contribution in [0.5, 0.6) is 0 Å². The molecule has 1 fully saturated rings. The summed E-state index contributed by atoms with van der Waals surface area (Å²) in [5.41, 5.74) is 2.27. The summed E-state index contributed by atoms with van der Waals surface area (Å²) in [6.07, 6.45) is 6.38. The second-order valence-electron chi connectivity index (χ2n) is 7.20. The molecular weight excluding hydrogens is 244 g/mol. The van der Waals surface area contributed by atoms with Gasteiger partial charge in [0, 0.05) is 0 Å². The van der Waals surface area contributed by atoms with Gasteiger partial charge in [0.25, 0.3) is 0 Å². The highest BCUT2D eigenvalue weighted by Gasteiger charge is 2.39. The predicted molar refractivity (Wildman–Crippen MR) is 85.7 cm³/mol. The number of hydrogen-bond acceptors (Lipinski definition) is 1. The van der Waals surface area contributed by atoms with Crippen molar-refractivity contribution in [3.63, 3.8) is 0 Å². The van der Waals surface area contributed by atoms with Gasteiger partial charge in [-0.3, -0.25) is 0 Å². The molecule has 2 rings (SSSR count). The number of aliphatic hydroxyl groups is 1. The highest BCUT2D eigenvalue weighted by molar-refractivity contribution is 5.28. The second-order valence-corrected chi connectivity index (χ2v) is 7.20. The average Bonchev–Trinajstić information content (AvgIpc) is 2.48. The van der Waals surface area contributed by atoms with Crippen LogP contribution < -0.4 is 0 Å². The molecule has 1 nitrogen and oxygen atoms in total. The molecule has 0 saturated heterocycles. The van der Waals surface area contributed by atoms with Gasteiger partial charge in [-0.2, -0.15) is 0 Å². The zero-order valence-corrected chi connectivity index (χ0v) is 13.6. The van der Waals surface area contributed by atoms with E-state index < -0.39 is 5.60 Å². The summed E-state index contributed by atoms with van der Waals surface area (Å²) in [4.78, 5) is 0. The molecule has 1 heteroatoms. The van der Waals surface area contributed by atoms with Crippen LogP contribution >= 0.6 is 0 Å². The van der Waals surface area contributed by atoms with Crippen molar-refractivity contribution in [3.05, 3.63) is 35.4 Å². The van der Waals surface area contributed by atoms with E-state index >= 15 is 0 Å². The molecule has 1 saturated carbocycles. The van der Waals surface area contributed by atoms with Crippen molar-refractivity contribution < 1.29 is 5.11 Å². The number of aryl methyl sites for hydroxylation is 1. The van der Waals surface area contributed by atoms with Crippen LogP contribution in [0.15, 0.2) is 24.3 Å². The lowest BCUT2D eigenvalue weighted by atomic mass is 9.65. The Hall–Kier alpha value is -0.820. The molecule has 0 unspecified atom stereocenters. The van der Waals surface area contributed by atoms with E-state index in [4.69, 9.17) is 0 Å². The van der Waals surface area contributed by atoms with Gasteiger partial charge in [0.15, 0.2) is 0 Å². The van der Waals surface area contributed by atoms with Crippen LogP contribution in [0.1, 0.15) is 70.9 Å². The molecule has 1 aliphatic carbocycles. The maximum absolute atomic E-state index is 11.0. The minimum atomic E-state index is -0.592. The Bertz CT molecular complexity index is 439. The molecular formula is C19H30O. The van der Waals surface area contributed by atoms with E-state index in [9.17, 15) is 5.11 Å². The van der Waals surface area contributed by atoms with E-state index in [1.165, 1.54) is 12.0 Å². The van der Waals surface area contributed by atoms with E-state index in [0.717, 1.165) is 43.6 Å². The Morgan fingerprint density at radius 3 is 2.40 bits per heavy atom. The van der Waals surface area contributed by atoms with Gasteiger partial charge < -0.3 is 5.11 Å². The van der Waals surface area contributed by atoms with E-state index in [-0.39, 0.29) is 0 Å². The lowest BCUT2D eigenvalue weighted by Gasteiger charge is -2.43. The zero-order valence-electron chi connectivity index (χ0n) is 13.6. The van der Waals surface area contributed by atoms with E-state index in [1.807, 2.05) is 0 Å². The Morgan fingerprint density at radius 1 is 1.20 bits per heavy atom. The van der Waals surface area contributed by atoms with Crippen molar-refractivity contribution in [2.24, 2.45) is 11.3 Å². The number of benzene rings is 1. The monoisotopic (exact) mass is 274 g/mol. The maximum Gasteiger partial charge on any atom is 0.0896 e. The van der Waals surface area contributed by atoms with Crippen LogP contribution in [0.2, 0.25) is 0 Å². The van der Waals surface area contributed by atoms with Crippen molar-refractivity contribution in [1.29, 1.82) is 0 Å². The summed E-state index contributed by atoms with van der Waals surface area (Å²) in [5.74, 6) is 0.752. The minimum Gasteiger partial charge on any atom is -0.385 e. The van der Waals surface area contributed by atoms with E-state index in [0.29, 0.717) is 5.41 Å². The first-order valence-corrected chi connectivity index (χ1v) is 8.23. The van der Waals surface area contributed by atoms with Gasteiger partial charge >= 0.3 is 0 Å². The predicted octanol–water partition coefficient (Wildman–Crippen LogP) is 5.06. The fourth-order valence-corrected chi connectivity index (χ4v) is 3.53. The smallest absolute Gasteiger partial charge is 0.0896 e. The number of hydrogen-bond donors (Lipinski definition) is 1. The molecule has 0 atom stereocenters. The van der Waals surface area contributed by atoms with Gasteiger partial charge in [0.05, 0.1) is 5.60 Å². The van der Waals surface area contributed by atoms with Gasteiger partial charge in [0.2, 0.25) is 0 Å². The summed E-state index contributed by atoms with van der Waals surface area (Å²) in [5, 5.41) is 11.0. The molecule has 1 aromatic carbocycles. The molecule has 0 amide bonds. The first kappa shape index (κ1) is 15.6. The normalized spacial score (nSPS) is 27.6. The van der Waals surface area contributed by atoms with Crippen LogP contribution in [-0.4, -0.2) is 5.11 Å². The molecule has 1 aromatic rings. The third kappa shape index (κ3) is 3.09. The number of rotatable bonds is 4. The van der Waals surface area contributed by atoms with Gasteiger partial charge in [-0.05, 0) is 54.6 Å². The van der Waals surface area contributed by atoms with Gasteiger partial charge in [-0.15, -0.1) is 0 Å². The molecule has 112 valence electrons. The molecule has 0 radical (unpaired) electrons. The highest BCUT2D eigenvalue weighted by atomic mass is 16.3. The van der Waals surface area contributed by atoms with E-state index in [2.05, 4.69) is 52.0 Å². The third-order valence-corrected chi connectivity index (χ3v) is 5.70. The SMILES string of the molecule is CCc1cccc(C2(O)CCC(C(C)(C)CC)CC2)c1. The first-order valence-electron chi connectivity index (χ1n) is 8.23. The maximum atomic E-state index is 11.0. The lowest BCUT2D eigenvalue weighted by molar-refractivity contribution is -0.0328. The van der Waals surface area contributed by atoms with E-state index in [1.54, 1.807) is 0 Å². The molecule has 1 aliphatic rings. The Kier molecular flexibility index (Phi) is 4.59. The van der Waals surface area contributed by atoms with Crippen LogP contribution in [0.4, 0.5) is 0 Å². The fourth-order valence-electron chi connectivity index (χ4n) is 3.53. The van der Waals surface area contributed by atoms with Crippen molar-refractivity contribution in [1.82, 2.24) is 0 Å². The third-order valence-electron chi connectivity index (χ3n) is 5.70. The summed E-state index contributed by atoms with van der Waals surface area (Å²) < 4.78 is 0. The van der Waals surface area contributed by atoms with Crippen LogP contribution in [0, 0.1) is 11.3 Å². The van der Waals surface area contributed by atoms with Gasteiger partial charge in [-0.25, -0.2) is 0 Å². The quantitative estimate of drug-likeness (QED) is 0.813. The van der Waals surface area contributed by atoms with Crippen LogP contribution in [0.3, 0.4) is 0 Å². The second kappa shape index (κ2) is 5.89. The molecule has 1 N–H and O–H groups in total. The standard InChI is InChI=1S/C19H30O/c1-5-15-8-7-9-17(14-15)19(20)12-10-16(11-13-19)18(3,4)6-2/h7-9,14,16,20H,5-6,10-13H2,1-4H3. The fraction of sp³-hybridized carbons (Fsp3) is 0.684. The largest absolute Gasteiger partial charge is 0.385 e. The summed E-state index contributed by atoms with van der Waals surface area (Å²) in [6, 6.07) is 8.54. The molecule has 0 heterocycles. The van der Waals surface area contributed by atoms with Crippen LogP contribution in [0.25, 0.3) is 0 Å². The first-order chi connectivity index (χ1) is 9.41. The minimum absolute atomic E-state index is 0.409. The zero-order chi connectivity index (χ0) is 14.8. The Labute approximate surface area is 124 Å². The molecule has 0 spiro atoms. The van der Waals surface area contributed by atoms with Crippen molar-refractivity contribution >= 4 is 0 Å². The summed E-state index contributed by atoms with van der Waals surface area (Å²) in [7, 11) is 0. The highest BCUT2D eigenvalue weighted by Crippen LogP contribution is 2.46. The van der Waals surface area contributed by atoms with Gasteiger partial charge in [-0.1, -0.05) is 58.4 Å². The van der Waals surface area contributed by atoms with Crippen LogP contribution in [-0.2, 0) is 12.0 Å². The lowest BCUT2D eigenvalue weighted by Crippen LogP contribution is -2.36. The van der Waals surface area contributed by atoms with Gasteiger partial charge in [0.1, 0.15) is 0 Å². The van der Waals surface area contributed by atoms with Crippen molar-refractivity contribution in [2.75, 3.05) is 0 Å². The average molecular weight is 274 g/mol. The molecule has 0 bridgehead atoms. The topological polar surface area (TPSA) is 20.2 Å². The molecule has 20 heavy (non-hydrogen) atoms. The Morgan fingerprint density at radius 2 is 1.85 bits per heavy atom. The summed E-state index contributed by atoms with van der Waals surface area (Å²) in [6.45, 7) is 9.20. The Balaban J connectivity index is 2.11. The molecule has 0 aliphatic heterocycles. The van der Waals surface area contributed by atoms with Crippen molar-refractivity contribution in [3.8, 4) is 0 Å².